The molecule has 1 aliphatic rings. The number of benzene rings is 1. The van der Waals surface area contributed by atoms with Gasteiger partial charge in [0.1, 0.15) is 11.3 Å². The van der Waals surface area contributed by atoms with E-state index in [1.54, 1.807) is 36.6 Å². The van der Waals surface area contributed by atoms with E-state index in [0.717, 1.165) is 11.8 Å². The predicted molar refractivity (Wildman–Crippen MR) is 170 cm³/mol. The Hall–Kier alpha value is -5.67. The van der Waals surface area contributed by atoms with Crippen LogP contribution in [0.15, 0.2) is 67.5 Å². The van der Waals surface area contributed by atoms with Crippen LogP contribution in [-0.2, 0) is 12.7 Å². The van der Waals surface area contributed by atoms with Gasteiger partial charge in [-0.15, -0.1) is 0 Å². The molecule has 248 valence electrons. The number of carbonyl (C=O) groups is 1. The lowest BCUT2D eigenvalue weighted by molar-refractivity contribution is -0.137. The molecular formula is C32H32F3N11O2. The number of aromatic amines is 1. The Bertz CT molecular complexity index is 1830. The van der Waals surface area contributed by atoms with Crippen LogP contribution < -0.4 is 20.3 Å². The number of ether oxygens (including phenoxy) is 1. The minimum atomic E-state index is -4.64. The van der Waals surface area contributed by atoms with Gasteiger partial charge in [-0.25, -0.2) is 29.7 Å². The zero-order valence-electron chi connectivity index (χ0n) is 26.1. The molecule has 16 heteroatoms. The molecule has 1 fully saturated rings. The van der Waals surface area contributed by atoms with E-state index in [2.05, 4.69) is 50.7 Å². The molecule has 13 nitrogen and oxygen atoms in total. The lowest BCUT2D eigenvalue weighted by Crippen LogP contribution is -2.49. The number of halogens is 3. The molecule has 4 aromatic heterocycles. The summed E-state index contributed by atoms with van der Waals surface area (Å²) < 4.78 is 46.4. The quantitative estimate of drug-likeness (QED) is 0.182. The van der Waals surface area contributed by atoms with Gasteiger partial charge in [-0.05, 0) is 43.7 Å². The van der Waals surface area contributed by atoms with Crippen LogP contribution in [0.3, 0.4) is 0 Å². The fourth-order valence-electron chi connectivity index (χ4n) is 5.56. The van der Waals surface area contributed by atoms with Crippen LogP contribution in [0.2, 0.25) is 0 Å². The summed E-state index contributed by atoms with van der Waals surface area (Å²) in [4.78, 5) is 40.9. The van der Waals surface area contributed by atoms with E-state index < -0.39 is 11.7 Å². The first-order valence-corrected chi connectivity index (χ1v) is 15.2. The molecule has 0 saturated heterocycles. The number of methoxy groups -OCH3 is 1. The summed E-state index contributed by atoms with van der Waals surface area (Å²) >= 11 is 0. The van der Waals surface area contributed by atoms with Crippen molar-refractivity contribution in [2.45, 2.75) is 57.4 Å². The van der Waals surface area contributed by atoms with Crippen LogP contribution in [0, 0.1) is 6.92 Å². The summed E-state index contributed by atoms with van der Waals surface area (Å²) in [6.45, 7) is 1.98. The van der Waals surface area contributed by atoms with Gasteiger partial charge >= 0.3 is 18.2 Å². The van der Waals surface area contributed by atoms with Gasteiger partial charge in [0, 0.05) is 42.8 Å². The average Bonchev–Trinajstić information content (AvgIpc) is 3.54. The number of H-pyrrole nitrogens is 1. The monoisotopic (exact) mass is 659 g/mol. The minimum Gasteiger partial charge on any atom is -0.467 e. The maximum absolute atomic E-state index is 13.8. The Morgan fingerprint density at radius 2 is 1.71 bits per heavy atom. The fourth-order valence-corrected chi connectivity index (χ4v) is 5.56. The summed E-state index contributed by atoms with van der Waals surface area (Å²) in [7, 11) is 1.48. The summed E-state index contributed by atoms with van der Waals surface area (Å²) in [5, 5.41) is 12.7. The standard InChI is InChI=1S/C32H32F3N11O2/c1-19-12-42-45-27(19)28-24(32(33,34)35)16-38-29(44-28)43-22-8-10-23(11-9-22)46(31(47)41-13-20-6-4-3-5-7-20)26-18-36-25(17-37-26)21-14-39-30(48-2)40-15-21/h3-7,12,14-18,22-23H,8-11,13H2,1-2H3,(H,41,47)(H,42,45)(H,38,43,44)/t22-,23-. The van der Waals surface area contributed by atoms with Gasteiger partial charge in [0.2, 0.25) is 5.95 Å². The third-order valence-corrected chi connectivity index (χ3v) is 8.05. The molecule has 1 aromatic carbocycles. The number of nitrogens with zero attached hydrogens (tertiary/aromatic N) is 8. The maximum atomic E-state index is 13.8. The number of nitrogens with one attached hydrogen (secondary N) is 3. The first-order valence-electron chi connectivity index (χ1n) is 15.2. The molecule has 3 N–H and O–H groups in total. The summed E-state index contributed by atoms with van der Waals surface area (Å²) in [5.41, 5.74) is 1.60. The summed E-state index contributed by atoms with van der Waals surface area (Å²) in [5.74, 6) is 0.456. The molecule has 0 unspecified atom stereocenters. The second-order valence-electron chi connectivity index (χ2n) is 11.3. The molecule has 0 atom stereocenters. The van der Waals surface area contributed by atoms with Crippen molar-refractivity contribution in [3.63, 3.8) is 0 Å². The normalized spacial score (nSPS) is 16.3. The minimum absolute atomic E-state index is 0.0804. The van der Waals surface area contributed by atoms with E-state index in [1.165, 1.54) is 13.3 Å². The lowest BCUT2D eigenvalue weighted by Gasteiger charge is -2.36. The van der Waals surface area contributed by atoms with Crippen LogP contribution >= 0.6 is 0 Å². The summed E-state index contributed by atoms with van der Waals surface area (Å²) in [6.07, 6.45) is 6.22. The second kappa shape index (κ2) is 14.0. The van der Waals surface area contributed by atoms with E-state index in [0.29, 0.717) is 54.9 Å². The van der Waals surface area contributed by atoms with Crippen molar-refractivity contribution < 1.29 is 22.7 Å². The molecule has 6 rings (SSSR count). The fraction of sp³-hybridized carbons (Fsp3) is 0.312. The Kier molecular flexibility index (Phi) is 9.40. The van der Waals surface area contributed by atoms with E-state index >= 15 is 0 Å². The van der Waals surface area contributed by atoms with Gasteiger partial charge in [-0.2, -0.15) is 18.3 Å². The number of aromatic nitrogens is 8. The molecule has 0 radical (unpaired) electrons. The van der Waals surface area contributed by atoms with Crippen molar-refractivity contribution in [1.82, 2.24) is 45.4 Å². The number of rotatable bonds is 9. The average molecular weight is 660 g/mol. The Morgan fingerprint density at radius 1 is 0.958 bits per heavy atom. The van der Waals surface area contributed by atoms with Crippen LogP contribution in [0.25, 0.3) is 22.6 Å². The second-order valence-corrected chi connectivity index (χ2v) is 11.3. The topological polar surface area (TPSA) is 160 Å². The molecule has 1 saturated carbocycles. The van der Waals surface area contributed by atoms with Crippen molar-refractivity contribution in [3.8, 4) is 28.7 Å². The number of carbonyl (C=O) groups excluding carboxylic acids is 1. The maximum Gasteiger partial charge on any atom is 0.420 e. The molecule has 5 aromatic rings. The smallest absolute Gasteiger partial charge is 0.420 e. The zero-order chi connectivity index (χ0) is 33.7. The van der Waals surface area contributed by atoms with Crippen LogP contribution in [0.1, 0.15) is 42.4 Å². The van der Waals surface area contributed by atoms with Gasteiger partial charge in [0.05, 0.1) is 37.1 Å². The molecule has 2 amide bonds. The SMILES string of the molecule is COc1ncc(-c2cnc(N(C(=O)NCc3ccccc3)[C@H]3CC[C@H](Nc4ncc(C(F)(F)F)c(-c5[nH]ncc5C)n4)CC3)cn2)cn1. The third-order valence-electron chi connectivity index (χ3n) is 8.05. The van der Waals surface area contributed by atoms with Gasteiger partial charge < -0.3 is 15.4 Å². The number of aryl methyl sites for hydroxylation is 1. The number of urea groups is 1. The van der Waals surface area contributed by atoms with Crippen molar-refractivity contribution in [2.75, 3.05) is 17.3 Å². The molecule has 0 bridgehead atoms. The lowest BCUT2D eigenvalue weighted by atomic mass is 9.90. The van der Waals surface area contributed by atoms with Crippen LogP contribution in [0.4, 0.5) is 29.7 Å². The van der Waals surface area contributed by atoms with Gasteiger partial charge in [-0.1, -0.05) is 30.3 Å². The highest BCUT2D eigenvalue weighted by Gasteiger charge is 2.37. The zero-order valence-corrected chi connectivity index (χ0v) is 26.1. The Labute approximate surface area is 273 Å². The first-order chi connectivity index (χ1) is 23.2. The van der Waals surface area contributed by atoms with Crippen molar-refractivity contribution in [2.24, 2.45) is 0 Å². The number of amides is 2. The highest BCUT2D eigenvalue weighted by molar-refractivity contribution is 5.91. The molecule has 0 spiro atoms. The van der Waals surface area contributed by atoms with Gasteiger partial charge in [0.25, 0.3) is 0 Å². The molecule has 1 aliphatic carbocycles. The molecular weight excluding hydrogens is 627 g/mol. The third kappa shape index (κ3) is 7.32. The van der Waals surface area contributed by atoms with E-state index in [4.69, 9.17) is 4.74 Å². The largest absolute Gasteiger partial charge is 0.467 e. The molecule has 4 heterocycles. The number of alkyl halides is 3. The van der Waals surface area contributed by atoms with Crippen molar-refractivity contribution in [1.29, 1.82) is 0 Å². The van der Waals surface area contributed by atoms with Gasteiger partial charge in [0.15, 0.2) is 5.82 Å². The highest BCUT2D eigenvalue weighted by Crippen LogP contribution is 2.37. The van der Waals surface area contributed by atoms with Gasteiger partial charge in [-0.3, -0.25) is 15.0 Å². The van der Waals surface area contributed by atoms with E-state index in [-0.39, 0.29) is 41.5 Å². The number of hydrogen-bond acceptors (Lipinski definition) is 10. The van der Waals surface area contributed by atoms with E-state index in [9.17, 15) is 18.0 Å². The molecule has 0 aliphatic heterocycles. The molecule has 48 heavy (non-hydrogen) atoms. The Balaban J connectivity index is 1.18. The predicted octanol–water partition coefficient (Wildman–Crippen LogP) is 5.59. The van der Waals surface area contributed by atoms with Crippen LogP contribution in [-0.4, -0.2) is 65.3 Å². The first kappa shape index (κ1) is 32.3. The Morgan fingerprint density at radius 3 is 2.33 bits per heavy atom. The highest BCUT2D eigenvalue weighted by atomic mass is 19.4. The van der Waals surface area contributed by atoms with Crippen LogP contribution in [0.5, 0.6) is 6.01 Å². The number of anilines is 2. The van der Waals surface area contributed by atoms with Crippen molar-refractivity contribution in [3.05, 3.63) is 84.2 Å². The summed E-state index contributed by atoms with van der Waals surface area (Å²) in [6, 6.07) is 9.12. The number of hydrogen-bond donors (Lipinski definition) is 3. The van der Waals surface area contributed by atoms with E-state index in [1.807, 2.05) is 30.3 Å². The van der Waals surface area contributed by atoms with Crippen molar-refractivity contribution >= 4 is 17.8 Å².